The Labute approximate surface area is 146 Å². The lowest BCUT2D eigenvalue weighted by molar-refractivity contribution is -0.128. The molecular weight excluding hydrogens is 322 g/mol. The van der Waals surface area contributed by atoms with Gasteiger partial charge in [0, 0.05) is 11.8 Å². The van der Waals surface area contributed by atoms with E-state index in [0.29, 0.717) is 35.3 Å². The molecule has 6 nitrogen and oxygen atoms in total. The summed E-state index contributed by atoms with van der Waals surface area (Å²) in [6.07, 6.45) is -1.15. The van der Waals surface area contributed by atoms with Crippen LogP contribution in [0.4, 0.5) is 5.69 Å². The zero-order chi connectivity index (χ0) is 17.8. The van der Waals surface area contributed by atoms with Gasteiger partial charge in [-0.15, -0.1) is 0 Å². The molecule has 2 aromatic rings. The molecule has 1 N–H and O–H groups in total. The first-order valence-corrected chi connectivity index (χ1v) is 8.16. The molecular formula is C19H21NO5. The summed E-state index contributed by atoms with van der Waals surface area (Å²) < 4.78 is 22.4. The van der Waals surface area contributed by atoms with Gasteiger partial charge in [0.2, 0.25) is 6.10 Å². The van der Waals surface area contributed by atoms with Crippen LogP contribution in [0, 0.1) is 0 Å². The molecule has 0 aromatic heterocycles. The molecule has 1 heterocycles. The Kier molecular flexibility index (Phi) is 4.97. The zero-order valence-electron chi connectivity index (χ0n) is 14.4. The number of benzene rings is 2. The Morgan fingerprint density at radius 2 is 1.84 bits per heavy atom. The zero-order valence-corrected chi connectivity index (χ0v) is 14.4. The maximum absolute atomic E-state index is 12.6. The van der Waals surface area contributed by atoms with E-state index in [4.69, 9.17) is 18.9 Å². The minimum absolute atomic E-state index is 0.284. The van der Waals surface area contributed by atoms with E-state index in [9.17, 15) is 4.79 Å². The Morgan fingerprint density at radius 3 is 2.52 bits per heavy atom. The number of carbonyl (C=O) groups is 1. The summed E-state index contributed by atoms with van der Waals surface area (Å²) in [4.78, 5) is 12.6. The number of hydrogen-bond donors (Lipinski definition) is 1. The van der Waals surface area contributed by atoms with Crippen LogP contribution in [-0.2, 0) is 4.79 Å². The Bertz CT molecular complexity index is 761. The number of para-hydroxylation sites is 2. The molecule has 0 saturated heterocycles. The molecule has 25 heavy (non-hydrogen) atoms. The molecule has 0 saturated carbocycles. The van der Waals surface area contributed by atoms with Crippen LogP contribution in [0.25, 0.3) is 0 Å². The fourth-order valence-corrected chi connectivity index (χ4v) is 2.64. The lowest BCUT2D eigenvalue weighted by Crippen LogP contribution is -2.46. The van der Waals surface area contributed by atoms with Crippen LogP contribution < -0.4 is 24.3 Å². The molecule has 0 aliphatic carbocycles. The monoisotopic (exact) mass is 343 g/mol. The first-order chi connectivity index (χ1) is 12.1. The number of hydrogen-bond acceptors (Lipinski definition) is 5. The van der Waals surface area contributed by atoms with E-state index in [2.05, 4.69) is 5.32 Å². The first kappa shape index (κ1) is 17.0. The quantitative estimate of drug-likeness (QED) is 0.903. The number of carbonyl (C=O) groups excluding carboxylic acids is 1. The number of fused-ring (bicyclic) bond motifs is 1. The van der Waals surface area contributed by atoms with Crippen molar-refractivity contribution in [1.82, 2.24) is 0 Å². The van der Waals surface area contributed by atoms with Crippen LogP contribution in [0.15, 0.2) is 42.5 Å². The second kappa shape index (κ2) is 7.34. The molecule has 3 rings (SSSR count). The van der Waals surface area contributed by atoms with Crippen molar-refractivity contribution in [2.45, 2.75) is 26.1 Å². The summed E-state index contributed by atoms with van der Waals surface area (Å²) in [5.74, 6) is 2.10. The number of methoxy groups -OCH3 is 1. The highest BCUT2D eigenvalue weighted by atomic mass is 16.6. The standard InChI is InChI=1S/C19H21NO5/c1-4-23-14-10-9-13(11-17(14)22-3)20-19(21)18-12(2)24-15-7-5-6-8-16(15)25-18/h5-12,18H,4H2,1-3H3,(H,20,21). The third-order valence-corrected chi connectivity index (χ3v) is 3.83. The molecule has 0 fully saturated rings. The van der Waals surface area contributed by atoms with Crippen LogP contribution in [0.1, 0.15) is 13.8 Å². The molecule has 132 valence electrons. The average Bonchev–Trinajstić information content (AvgIpc) is 2.62. The molecule has 2 aromatic carbocycles. The van der Waals surface area contributed by atoms with Gasteiger partial charge in [-0.2, -0.15) is 0 Å². The Morgan fingerprint density at radius 1 is 1.12 bits per heavy atom. The van der Waals surface area contributed by atoms with Crippen molar-refractivity contribution in [3.8, 4) is 23.0 Å². The smallest absolute Gasteiger partial charge is 0.269 e. The van der Waals surface area contributed by atoms with Crippen LogP contribution in [-0.4, -0.2) is 31.8 Å². The van der Waals surface area contributed by atoms with Crippen molar-refractivity contribution in [2.75, 3.05) is 19.0 Å². The van der Waals surface area contributed by atoms with Gasteiger partial charge in [0.25, 0.3) is 5.91 Å². The predicted octanol–water partition coefficient (Wildman–Crippen LogP) is 3.26. The van der Waals surface area contributed by atoms with Crippen molar-refractivity contribution in [2.24, 2.45) is 0 Å². The molecule has 1 aliphatic heterocycles. The van der Waals surface area contributed by atoms with E-state index in [1.807, 2.05) is 25.1 Å². The molecule has 1 aliphatic rings. The van der Waals surface area contributed by atoms with Crippen molar-refractivity contribution in [1.29, 1.82) is 0 Å². The summed E-state index contributed by atoms with van der Waals surface area (Å²) in [6.45, 7) is 4.24. The molecule has 0 spiro atoms. The van der Waals surface area contributed by atoms with Gasteiger partial charge in [0.1, 0.15) is 6.10 Å². The Hall–Kier alpha value is -2.89. The van der Waals surface area contributed by atoms with E-state index in [1.165, 1.54) is 0 Å². The highest BCUT2D eigenvalue weighted by Crippen LogP contribution is 2.34. The normalized spacial score (nSPS) is 18.4. The van der Waals surface area contributed by atoms with E-state index >= 15 is 0 Å². The van der Waals surface area contributed by atoms with Gasteiger partial charge < -0.3 is 24.3 Å². The first-order valence-electron chi connectivity index (χ1n) is 8.16. The van der Waals surface area contributed by atoms with E-state index in [0.717, 1.165) is 0 Å². The summed E-state index contributed by atoms with van der Waals surface area (Å²) in [6, 6.07) is 12.5. The van der Waals surface area contributed by atoms with Gasteiger partial charge in [-0.1, -0.05) is 12.1 Å². The van der Waals surface area contributed by atoms with Crippen LogP contribution >= 0.6 is 0 Å². The summed E-state index contributed by atoms with van der Waals surface area (Å²) in [5, 5.41) is 2.84. The minimum Gasteiger partial charge on any atom is -0.493 e. The molecule has 0 bridgehead atoms. The van der Waals surface area contributed by atoms with Crippen molar-refractivity contribution in [3.05, 3.63) is 42.5 Å². The van der Waals surface area contributed by atoms with Crippen LogP contribution in [0.3, 0.4) is 0 Å². The van der Waals surface area contributed by atoms with E-state index < -0.39 is 12.2 Å². The third kappa shape index (κ3) is 3.63. The topological polar surface area (TPSA) is 66.0 Å². The van der Waals surface area contributed by atoms with Crippen molar-refractivity contribution >= 4 is 11.6 Å². The molecule has 2 unspecified atom stereocenters. The van der Waals surface area contributed by atoms with Crippen LogP contribution in [0.5, 0.6) is 23.0 Å². The van der Waals surface area contributed by atoms with E-state index in [-0.39, 0.29) is 5.91 Å². The SMILES string of the molecule is CCOc1ccc(NC(=O)C2Oc3ccccc3OC2C)cc1OC. The van der Waals surface area contributed by atoms with Gasteiger partial charge in [-0.25, -0.2) is 0 Å². The van der Waals surface area contributed by atoms with Crippen molar-refractivity contribution in [3.63, 3.8) is 0 Å². The fraction of sp³-hybridized carbons (Fsp3) is 0.316. The second-order valence-corrected chi connectivity index (χ2v) is 5.60. The van der Waals surface area contributed by atoms with Gasteiger partial charge in [-0.05, 0) is 38.1 Å². The van der Waals surface area contributed by atoms with Gasteiger partial charge in [-0.3, -0.25) is 4.79 Å². The minimum atomic E-state index is -0.743. The van der Waals surface area contributed by atoms with Gasteiger partial charge in [0.15, 0.2) is 23.0 Å². The largest absolute Gasteiger partial charge is 0.493 e. The third-order valence-electron chi connectivity index (χ3n) is 3.83. The maximum Gasteiger partial charge on any atom is 0.269 e. The second-order valence-electron chi connectivity index (χ2n) is 5.60. The van der Waals surface area contributed by atoms with Gasteiger partial charge in [0.05, 0.1) is 13.7 Å². The number of nitrogens with one attached hydrogen (secondary N) is 1. The molecule has 6 heteroatoms. The van der Waals surface area contributed by atoms with E-state index in [1.54, 1.807) is 38.3 Å². The summed E-state index contributed by atoms with van der Waals surface area (Å²) >= 11 is 0. The molecule has 0 radical (unpaired) electrons. The number of ether oxygens (including phenoxy) is 4. The summed E-state index contributed by atoms with van der Waals surface area (Å²) in [7, 11) is 1.56. The van der Waals surface area contributed by atoms with Crippen molar-refractivity contribution < 1.29 is 23.7 Å². The number of amides is 1. The highest BCUT2D eigenvalue weighted by molar-refractivity contribution is 5.95. The lowest BCUT2D eigenvalue weighted by atomic mass is 10.1. The molecule has 1 amide bonds. The summed E-state index contributed by atoms with van der Waals surface area (Å²) in [5.41, 5.74) is 0.597. The average molecular weight is 343 g/mol. The Balaban J connectivity index is 1.74. The van der Waals surface area contributed by atoms with Crippen LogP contribution in [0.2, 0.25) is 0 Å². The predicted molar refractivity (Wildman–Crippen MR) is 93.7 cm³/mol. The number of rotatable bonds is 5. The fourth-order valence-electron chi connectivity index (χ4n) is 2.64. The molecule has 2 atom stereocenters. The van der Waals surface area contributed by atoms with Gasteiger partial charge >= 0.3 is 0 Å². The number of anilines is 1. The lowest BCUT2D eigenvalue weighted by Gasteiger charge is -2.31. The maximum atomic E-state index is 12.6. The highest BCUT2D eigenvalue weighted by Gasteiger charge is 2.34.